The van der Waals surface area contributed by atoms with Gasteiger partial charge < -0.3 is 18.9 Å². The van der Waals surface area contributed by atoms with Gasteiger partial charge in [0.05, 0.1) is 46.0 Å². The standard InChI is InChI=1S/C22H22O7/c1-11(6-18(23)29-5)12-7-14-19(16(8-12)27-3)22(25)20-15(21(14)24)9-13(26-2)10-17(20)28-4/h7-11H,6H2,1-5H3. The smallest absolute Gasteiger partial charge is 0.306 e. The molecule has 0 aromatic heterocycles. The Balaban J connectivity index is 2.20. The van der Waals surface area contributed by atoms with Gasteiger partial charge in [0.1, 0.15) is 17.2 Å². The van der Waals surface area contributed by atoms with Crippen molar-refractivity contribution in [3.8, 4) is 17.2 Å². The van der Waals surface area contributed by atoms with E-state index in [9.17, 15) is 14.4 Å². The minimum atomic E-state index is -0.364. The lowest BCUT2D eigenvalue weighted by atomic mass is 9.80. The van der Waals surface area contributed by atoms with Gasteiger partial charge in [-0.3, -0.25) is 14.4 Å². The molecule has 0 saturated heterocycles. The summed E-state index contributed by atoms with van der Waals surface area (Å²) in [5.74, 6) is -0.352. The summed E-state index contributed by atoms with van der Waals surface area (Å²) in [4.78, 5) is 38.2. The van der Waals surface area contributed by atoms with Crippen LogP contribution in [-0.2, 0) is 9.53 Å². The van der Waals surface area contributed by atoms with E-state index in [0.717, 1.165) is 0 Å². The first-order valence-corrected chi connectivity index (χ1v) is 9.00. The number of esters is 1. The lowest BCUT2D eigenvalue weighted by Crippen LogP contribution is -2.23. The third-order valence-corrected chi connectivity index (χ3v) is 5.09. The van der Waals surface area contributed by atoms with Gasteiger partial charge in [0.2, 0.25) is 5.78 Å². The minimum absolute atomic E-state index is 0.138. The van der Waals surface area contributed by atoms with Crippen molar-refractivity contribution >= 4 is 17.5 Å². The molecule has 0 heterocycles. The number of ketones is 2. The molecule has 29 heavy (non-hydrogen) atoms. The number of carbonyl (C=O) groups is 3. The summed E-state index contributed by atoms with van der Waals surface area (Å²) in [6.45, 7) is 1.84. The van der Waals surface area contributed by atoms with Crippen molar-refractivity contribution in [1.82, 2.24) is 0 Å². The summed E-state index contributed by atoms with van der Waals surface area (Å²) in [6, 6.07) is 6.41. The van der Waals surface area contributed by atoms with Crippen LogP contribution in [0, 0.1) is 0 Å². The van der Waals surface area contributed by atoms with E-state index in [1.165, 1.54) is 34.5 Å². The molecular formula is C22H22O7. The highest BCUT2D eigenvalue weighted by molar-refractivity contribution is 6.30. The number of hydrogen-bond acceptors (Lipinski definition) is 7. The van der Waals surface area contributed by atoms with Crippen LogP contribution in [-0.4, -0.2) is 46.0 Å². The van der Waals surface area contributed by atoms with Crippen LogP contribution < -0.4 is 14.2 Å². The summed E-state index contributed by atoms with van der Waals surface area (Å²) in [6.07, 6.45) is 0.138. The molecule has 0 amide bonds. The number of rotatable bonds is 6. The van der Waals surface area contributed by atoms with Gasteiger partial charge in [-0.05, 0) is 29.7 Å². The van der Waals surface area contributed by atoms with Crippen molar-refractivity contribution in [3.63, 3.8) is 0 Å². The Hall–Kier alpha value is -3.35. The average molecular weight is 398 g/mol. The highest BCUT2D eigenvalue weighted by Crippen LogP contribution is 2.41. The zero-order valence-electron chi connectivity index (χ0n) is 17.0. The predicted molar refractivity (Wildman–Crippen MR) is 104 cm³/mol. The molecule has 0 aliphatic heterocycles. The van der Waals surface area contributed by atoms with E-state index in [-0.39, 0.29) is 63.6 Å². The molecule has 3 rings (SSSR count). The van der Waals surface area contributed by atoms with Crippen LogP contribution in [0.2, 0.25) is 0 Å². The van der Waals surface area contributed by atoms with Gasteiger partial charge >= 0.3 is 5.97 Å². The molecule has 0 bridgehead atoms. The van der Waals surface area contributed by atoms with Crippen LogP contribution in [0.1, 0.15) is 56.7 Å². The van der Waals surface area contributed by atoms with E-state index < -0.39 is 0 Å². The van der Waals surface area contributed by atoms with Crippen molar-refractivity contribution in [2.75, 3.05) is 28.4 Å². The van der Waals surface area contributed by atoms with E-state index in [2.05, 4.69) is 0 Å². The molecular weight excluding hydrogens is 376 g/mol. The highest BCUT2D eigenvalue weighted by Gasteiger charge is 2.36. The molecule has 0 N–H and O–H groups in total. The third-order valence-electron chi connectivity index (χ3n) is 5.09. The molecule has 0 fully saturated rings. The zero-order chi connectivity index (χ0) is 21.3. The summed E-state index contributed by atoms with van der Waals surface area (Å²) in [7, 11) is 5.66. The quantitative estimate of drug-likeness (QED) is 0.589. The fourth-order valence-electron chi connectivity index (χ4n) is 3.50. The first kappa shape index (κ1) is 20.4. The molecule has 1 aliphatic carbocycles. The largest absolute Gasteiger partial charge is 0.497 e. The summed E-state index contributed by atoms with van der Waals surface area (Å²) >= 11 is 0. The molecule has 0 radical (unpaired) electrons. The Morgan fingerprint density at radius 2 is 1.41 bits per heavy atom. The van der Waals surface area contributed by atoms with Crippen molar-refractivity contribution in [2.45, 2.75) is 19.3 Å². The lowest BCUT2D eigenvalue weighted by molar-refractivity contribution is -0.140. The van der Waals surface area contributed by atoms with E-state index in [4.69, 9.17) is 18.9 Å². The second-order valence-electron chi connectivity index (χ2n) is 6.74. The summed E-state index contributed by atoms with van der Waals surface area (Å²) in [5.41, 5.74) is 1.50. The van der Waals surface area contributed by atoms with Crippen LogP contribution in [0.3, 0.4) is 0 Å². The molecule has 0 saturated carbocycles. The van der Waals surface area contributed by atoms with E-state index in [1.54, 1.807) is 18.2 Å². The van der Waals surface area contributed by atoms with Crippen molar-refractivity contribution in [3.05, 3.63) is 52.1 Å². The van der Waals surface area contributed by atoms with Gasteiger partial charge in [0.25, 0.3) is 0 Å². The van der Waals surface area contributed by atoms with Gasteiger partial charge in [0.15, 0.2) is 5.78 Å². The summed E-state index contributed by atoms with van der Waals surface area (Å²) in [5, 5.41) is 0. The number of benzene rings is 2. The second-order valence-corrected chi connectivity index (χ2v) is 6.74. The molecule has 2 aromatic carbocycles. The Morgan fingerprint density at radius 1 is 0.828 bits per heavy atom. The predicted octanol–water partition coefficient (Wildman–Crippen LogP) is 3.15. The second kappa shape index (κ2) is 7.95. The van der Waals surface area contributed by atoms with Crippen LogP contribution in [0.5, 0.6) is 17.2 Å². The molecule has 2 aromatic rings. The molecule has 1 atom stereocenters. The number of hydrogen-bond donors (Lipinski definition) is 0. The normalized spacial score (nSPS) is 13.3. The maximum Gasteiger partial charge on any atom is 0.306 e. The Bertz CT molecular complexity index is 1010. The maximum atomic E-state index is 13.3. The van der Waals surface area contributed by atoms with Crippen molar-refractivity contribution in [1.29, 1.82) is 0 Å². The minimum Gasteiger partial charge on any atom is -0.497 e. The summed E-state index contributed by atoms with van der Waals surface area (Å²) < 4.78 is 20.7. The molecule has 7 heteroatoms. The first-order chi connectivity index (χ1) is 13.9. The number of methoxy groups -OCH3 is 4. The van der Waals surface area contributed by atoms with Gasteiger partial charge in [-0.15, -0.1) is 0 Å². The van der Waals surface area contributed by atoms with E-state index in [1.807, 2.05) is 6.92 Å². The maximum absolute atomic E-state index is 13.3. The molecule has 1 unspecified atom stereocenters. The topological polar surface area (TPSA) is 88.1 Å². The molecule has 152 valence electrons. The van der Waals surface area contributed by atoms with Crippen LogP contribution in [0.4, 0.5) is 0 Å². The van der Waals surface area contributed by atoms with Gasteiger partial charge in [-0.2, -0.15) is 0 Å². The molecule has 7 nitrogen and oxygen atoms in total. The van der Waals surface area contributed by atoms with E-state index >= 15 is 0 Å². The first-order valence-electron chi connectivity index (χ1n) is 9.00. The lowest BCUT2D eigenvalue weighted by Gasteiger charge is -2.24. The van der Waals surface area contributed by atoms with Crippen LogP contribution in [0.15, 0.2) is 24.3 Å². The Kier molecular flexibility index (Phi) is 5.59. The SMILES string of the molecule is COC(=O)CC(C)c1cc(OC)c2c(c1)C(=O)c1cc(OC)cc(OC)c1C2=O. The van der Waals surface area contributed by atoms with Gasteiger partial charge in [0, 0.05) is 17.2 Å². The van der Waals surface area contributed by atoms with Crippen LogP contribution in [0.25, 0.3) is 0 Å². The Morgan fingerprint density at radius 3 is 1.97 bits per heavy atom. The molecule has 0 spiro atoms. The molecule has 1 aliphatic rings. The monoisotopic (exact) mass is 398 g/mol. The number of fused-ring (bicyclic) bond motifs is 2. The fraction of sp³-hybridized carbons (Fsp3) is 0.318. The van der Waals surface area contributed by atoms with Gasteiger partial charge in [-0.1, -0.05) is 6.92 Å². The number of ether oxygens (including phenoxy) is 4. The fourth-order valence-corrected chi connectivity index (χ4v) is 3.50. The zero-order valence-corrected chi connectivity index (χ0v) is 17.0. The number of carbonyl (C=O) groups excluding carboxylic acids is 3. The Labute approximate surface area is 168 Å². The van der Waals surface area contributed by atoms with E-state index in [0.29, 0.717) is 11.3 Å². The highest BCUT2D eigenvalue weighted by atomic mass is 16.5. The van der Waals surface area contributed by atoms with Gasteiger partial charge in [-0.25, -0.2) is 0 Å². The van der Waals surface area contributed by atoms with Crippen molar-refractivity contribution < 1.29 is 33.3 Å². The average Bonchev–Trinajstić information content (AvgIpc) is 2.75. The van der Waals surface area contributed by atoms with Crippen molar-refractivity contribution in [2.24, 2.45) is 0 Å². The third kappa shape index (κ3) is 3.44. The van der Waals surface area contributed by atoms with Crippen LogP contribution >= 0.6 is 0 Å².